The van der Waals surface area contributed by atoms with Crippen molar-refractivity contribution in [3.63, 3.8) is 0 Å². The van der Waals surface area contributed by atoms with E-state index in [1.807, 2.05) is 0 Å². The second-order valence-electron chi connectivity index (χ2n) is 4.05. The molecule has 0 aromatic carbocycles. The highest BCUT2D eigenvalue weighted by atomic mass is 15.2. The topological polar surface area (TPSA) is 92.5 Å². The number of anilines is 2. The molecule has 92 valence electrons. The molecule has 0 radical (unpaired) electrons. The molecule has 2 heterocycles. The van der Waals surface area contributed by atoms with Crippen molar-refractivity contribution in [3.05, 3.63) is 6.20 Å². The maximum Gasteiger partial charge on any atom is 0.224 e. The first-order chi connectivity index (χ1) is 8.31. The SMILES string of the molecule is CCCCCCNc1nc(N)nc2[nH]ncc12. The van der Waals surface area contributed by atoms with Gasteiger partial charge in [0.25, 0.3) is 0 Å². The van der Waals surface area contributed by atoms with Gasteiger partial charge in [-0.25, -0.2) is 0 Å². The monoisotopic (exact) mass is 234 g/mol. The number of H-pyrrole nitrogens is 1. The molecule has 2 aromatic heterocycles. The first-order valence-electron chi connectivity index (χ1n) is 6.01. The van der Waals surface area contributed by atoms with Crippen LogP contribution < -0.4 is 11.1 Å². The summed E-state index contributed by atoms with van der Waals surface area (Å²) in [5, 5.41) is 10.9. The van der Waals surface area contributed by atoms with Crippen molar-refractivity contribution in [1.29, 1.82) is 0 Å². The highest BCUT2D eigenvalue weighted by molar-refractivity contribution is 5.86. The van der Waals surface area contributed by atoms with Gasteiger partial charge in [0.05, 0.1) is 11.6 Å². The molecule has 2 rings (SSSR count). The van der Waals surface area contributed by atoms with Crippen LogP contribution in [0.5, 0.6) is 0 Å². The van der Waals surface area contributed by atoms with Gasteiger partial charge in [-0.05, 0) is 6.42 Å². The Balaban J connectivity index is 2.00. The predicted molar refractivity (Wildman–Crippen MR) is 68.7 cm³/mol. The van der Waals surface area contributed by atoms with Gasteiger partial charge in [-0.15, -0.1) is 0 Å². The van der Waals surface area contributed by atoms with E-state index in [9.17, 15) is 0 Å². The molecule has 0 aliphatic rings. The quantitative estimate of drug-likeness (QED) is 0.664. The molecular weight excluding hydrogens is 216 g/mol. The van der Waals surface area contributed by atoms with Crippen LogP contribution in [0, 0.1) is 0 Å². The van der Waals surface area contributed by atoms with E-state index in [4.69, 9.17) is 5.73 Å². The zero-order valence-electron chi connectivity index (χ0n) is 10.0. The van der Waals surface area contributed by atoms with E-state index in [-0.39, 0.29) is 5.95 Å². The molecular formula is C11H18N6. The molecule has 0 aliphatic heterocycles. The number of hydrogen-bond acceptors (Lipinski definition) is 5. The van der Waals surface area contributed by atoms with E-state index in [0.29, 0.717) is 5.65 Å². The van der Waals surface area contributed by atoms with Crippen LogP contribution in [-0.4, -0.2) is 26.7 Å². The van der Waals surface area contributed by atoms with Crippen LogP contribution in [0.25, 0.3) is 11.0 Å². The Kier molecular flexibility index (Phi) is 3.74. The number of aromatic nitrogens is 4. The lowest BCUT2D eigenvalue weighted by Gasteiger charge is -2.06. The average Bonchev–Trinajstić information content (AvgIpc) is 2.76. The molecule has 6 nitrogen and oxygen atoms in total. The van der Waals surface area contributed by atoms with Crippen molar-refractivity contribution in [2.24, 2.45) is 0 Å². The molecule has 0 fully saturated rings. The minimum atomic E-state index is 0.262. The maximum atomic E-state index is 5.63. The van der Waals surface area contributed by atoms with E-state index < -0.39 is 0 Å². The zero-order valence-corrected chi connectivity index (χ0v) is 10.0. The molecule has 4 N–H and O–H groups in total. The number of fused-ring (bicyclic) bond motifs is 1. The molecule has 0 unspecified atom stereocenters. The predicted octanol–water partition coefficient (Wildman–Crippen LogP) is 1.93. The summed E-state index contributed by atoms with van der Waals surface area (Å²) in [5.74, 6) is 1.02. The Morgan fingerprint density at radius 3 is 3.00 bits per heavy atom. The van der Waals surface area contributed by atoms with Crippen molar-refractivity contribution < 1.29 is 0 Å². The molecule has 0 saturated heterocycles. The van der Waals surface area contributed by atoms with E-state index in [1.54, 1.807) is 6.20 Å². The van der Waals surface area contributed by atoms with Crippen molar-refractivity contribution in [2.45, 2.75) is 32.6 Å². The third-order valence-corrected chi connectivity index (χ3v) is 2.65. The standard InChI is InChI=1S/C11H18N6/c1-2-3-4-5-6-13-9-8-7-14-17-10(8)16-11(12)15-9/h7H,2-6H2,1H3,(H4,12,13,14,15,16,17). The minimum Gasteiger partial charge on any atom is -0.369 e. The van der Waals surface area contributed by atoms with E-state index >= 15 is 0 Å². The fraction of sp³-hybridized carbons (Fsp3) is 0.545. The molecule has 0 bridgehead atoms. The van der Waals surface area contributed by atoms with Crippen LogP contribution >= 0.6 is 0 Å². The summed E-state index contributed by atoms with van der Waals surface area (Å²) in [6.45, 7) is 3.10. The second kappa shape index (κ2) is 5.47. The van der Waals surface area contributed by atoms with E-state index in [2.05, 4.69) is 32.4 Å². The van der Waals surface area contributed by atoms with Crippen molar-refractivity contribution in [1.82, 2.24) is 20.2 Å². The highest BCUT2D eigenvalue weighted by Gasteiger charge is 2.06. The van der Waals surface area contributed by atoms with Gasteiger partial charge in [0.15, 0.2) is 5.65 Å². The molecule has 0 atom stereocenters. The van der Waals surface area contributed by atoms with Gasteiger partial charge in [0, 0.05) is 6.54 Å². The number of hydrogen-bond donors (Lipinski definition) is 3. The lowest BCUT2D eigenvalue weighted by Crippen LogP contribution is -2.06. The van der Waals surface area contributed by atoms with Gasteiger partial charge in [0.2, 0.25) is 5.95 Å². The first kappa shape index (κ1) is 11.6. The van der Waals surface area contributed by atoms with Crippen LogP contribution in [0.1, 0.15) is 32.6 Å². The van der Waals surface area contributed by atoms with Crippen molar-refractivity contribution in [3.8, 4) is 0 Å². The summed E-state index contributed by atoms with van der Waals surface area (Å²) in [4.78, 5) is 8.25. The van der Waals surface area contributed by atoms with Crippen molar-refractivity contribution >= 4 is 22.8 Å². The van der Waals surface area contributed by atoms with E-state index in [1.165, 1.54) is 19.3 Å². The van der Waals surface area contributed by atoms with Crippen LogP contribution in [0.3, 0.4) is 0 Å². The molecule has 6 heteroatoms. The lowest BCUT2D eigenvalue weighted by molar-refractivity contribution is 0.684. The normalized spacial score (nSPS) is 10.9. The highest BCUT2D eigenvalue weighted by Crippen LogP contribution is 2.18. The van der Waals surface area contributed by atoms with Gasteiger partial charge in [-0.1, -0.05) is 26.2 Å². The molecule has 0 saturated carbocycles. The third-order valence-electron chi connectivity index (χ3n) is 2.65. The summed E-state index contributed by atoms with van der Waals surface area (Å²) in [6, 6.07) is 0. The van der Waals surface area contributed by atoms with Crippen LogP contribution in [0.2, 0.25) is 0 Å². The summed E-state index contributed by atoms with van der Waals surface area (Å²) in [7, 11) is 0. The number of nitrogen functional groups attached to an aromatic ring is 1. The molecule has 0 amide bonds. The largest absolute Gasteiger partial charge is 0.369 e. The summed E-state index contributed by atoms with van der Waals surface area (Å²) in [5.41, 5.74) is 6.30. The molecule has 17 heavy (non-hydrogen) atoms. The molecule has 2 aromatic rings. The summed E-state index contributed by atoms with van der Waals surface area (Å²) < 4.78 is 0. The summed E-state index contributed by atoms with van der Waals surface area (Å²) in [6.07, 6.45) is 6.60. The average molecular weight is 234 g/mol. The second-order valence-corrected chi connectivity index (χ2v) is 4.05. The Morgan fingerprint density at radius 1 is 1.29 bits per heavy atom. The Morgan fingerprint density at radius 2 is 2.18 bits per heavy atom. The van der Waals surface area contributed by atoms with Crippen LogP contribution in [0.15, 0.2) is 6.20 Å². The zero-order chi connectivity index (χ0) is 12.1. The van der Waals surface area contributed by atoms with Gasteiger partial charge in [-0.3, -0.25) is 5.10 Å². The number of aromatic amines is 1. The fourth-order valence-corrected chi connectivity index (χ4v) is 1.75. The van der Waals surface area contributed by atoms with Gasteiger partial charge in [0.1, 0.15) is 5.82 Å². The molecule has 0 spiro atoms. The van der Waals surface area contributed by atoms with Gasteiger partial charge < -0.3 is 11.1 Å². The summed E-state index contributed by atoms with van der Waals surface area (Å²) >= 11 is 0. The minimum absolute atomic E-state index is 0.262. The number of unbranched alkanes of at least 4 members (excludes halogenated alkanes) is 3. The maximum absolute atomic E-state index is 5.63. The third kappa shape index (κ3) is 2.83. The van der Waals surface area contributed by atoms with Gasteiger partial charge in [-0.2, -0.15) is 15.1 Å². The van der Waals surface area contributed by atoms with Gasteiger partial charge >= 0.3 is 0 Å². The number of nitrogens with zero attached hydrogens (tertiary/aromatic N) is 3. The first-order valence-corrected chi connectivity index (χ1v) is 6.01. The van der Waals surface area contributed by atoms with E-state index in [0.717, 1.165) is 24.2 Å². The number of nitrogens with two attached hydrogens (primary N) is 1. The Hall–Kier alpha value is -1.85. The Labute approximate surface area is 100 Å². The number of nitrogens with one attached hydrogen (secondary N) is 2. The van der Waals surface area contributed by atoms with Crippen LogP contribution in [-0.2, 0) is 0 Å². The molecule has 0 aliphatic carbocycles. The lowest BCUT2D eigenvalue weighted by atomic mass is 10.2. The fourth-order valence-electron chi connectivity index (χ4n) is 1.75. The van der Waals surface area contributed by atoms with Crippen LogP contribution in [0.4, 0.5) is 11.8 Å². The van der Waals surface area contributed by atoms with Crippen molar-refractivity contribution in [2.75, 3.05) is 17.6 Å². The Bertz CT molecular complexity index is 478. The number of rotatable bonds is 6. The smallest absolute Gasteiger partial charge is 0.224 e.